The summed E-state index contributed by atoms with van der Waals surface area (Å²) in [6.07, 6.45) is 0. The van der Waals surface area contributed by atoms with Gasteiger partial charge >= 0.3 is 0 Å². The first-order chi connectivity index (χ1) is 8.70. The van der Waals surface area contributed by atoms with Gasteiger partial charge in [0.1, 0.15) is 11.9 Å². The molecule has 4 heteroatoms. The van der Waals surface area contributed by atoms with Crippen molar-refractivity contribution in [3.05, 3.63) is 64.9 Å². The molecule has 0 aromatic heterocycles. The van der Waals surface area contributed by atoms with Crippen LogP contribution in [0.5, 0.6) is 0 Å². The second-order valence-corrected chi connectivity index (χ2v) is 4.17. The van der Waals surface area contributed by atoms with Gasteiger partial charge in [0.05, 0.1) is 6.07 Å². The van der Waals surface area contributed by atoms with Gasteiger partial charge in [0, 0.05) is 16.3 Å². The summed E-state index contributed by atoms with van der Waals surface area (Å²) in [5.74, 6) is -0.404. The van der Waals surface area contributed by atoms with Crippen LogP contribution < -0.4 is 5.32 Å². The van der Waals surface area contributed by atoms with Gasteiger partial charge in [0.25, 0.3) is 0 Å². The summed E-state index contributed by atoms with van der Waals surface area (Å²) in [5.41, 5.74) is 0.997. The van der Waals surface area contributed by atoms with E-state index >= 15 is 0 Å². The Balaban J connectivity index is 2.26. The molecule has 2 rings (SSSR count). The third-order valence-corrected chi connectivity index (χ3v) is 2.72. The number of hydrogen-bond acceptors (Lipinski definition) is 2. The van der Waals surface area contributed by atoms with E-state index in [-0.39, 0.29) is 0 Å². The van der Waals surface area contributed by atoms with Gasteiger partial charge in [-0.25, -0.2) is 4.39 Å². The summed E-state index contributed by atoms with van der Waals surface area (Å²) in [7, 11) is 0. The molecule has 0 heterocycles. The van der Waals surface area contributed by atoms with Crippen molar-refractivity contribution in [1.82, 2.24) is 0 Å². The maximum absolute atomic E-state index is 13.6. The predicted molar refractivity (Wildman–Crippen MR) is 69.8 cm³/mol. The highest BCUT2D eigenvalue weighted by Crippen LogP contribution is 2.23. The van der Waals surface area contributed by atoms with E-state index in [1.165, 1.54) is 6.07 Å². The van der Waals surface area contributed by atoms with Crippen LogP contribution in [0.2, 0.25) is 5.02 Å². The van der Waals surface area contributed by atoms with E-state index in [0.29, 0.717) is 16.3 Å². The zero-order chi connectivity index (χ0) is 13.0. The minimum absolute atomic E-state index is 0.319. The SMILES string of the molecule is N#CC(Nc1cccc(Cl)c1)c1ccccc1F. The number of hydrogen-bond donors (Lipinski definition) is 1. The molecule has 1 unspecified atom stereocenters. The highest BCUT2D eigenvalue weighted by molar-refractivity contribution is 6.30. The second-order valence-electron chi connectivity index (χ2n) is 3.74. The molecule has 0 spiro atoms. The smallest absolute Gasteiger partial charge is 0.143 e. The largest absolute Gasteiger partial charge is 0.366 e. The van der Waals surface area contributed by atoms with Crippen molar-refractivity contribution in [1.29, 1.82) is 5.26 Å². The zero-order valence-electron chi connectivity index (χ0n) is 9.40. The Bertz CT molecular complexity index is 592. The average molecular weight is 261 g/mol. The maximum Gasteiger partial charge on any atom is 0.143 e. The molecule has 2 nitrogen and oxygen atoms in total. The van der Waals surface area contributed by atoms with Gasteiger partial charge in [-0.2, -0.15) is 5.26 Å². The first kappa shape index (κ1) is 12.4. The minimum Gasteiger partial charge on any atom is -0.366 e. The Morgan fingerprint density at radius 3 is 2.61 bits per heavy atom. The molecule has 2 aromatic carbocycles. The Labute approximate surface area is 110 Å². The standard InChI is InChI=1S/C14H10ClFN2/c15-10-4-3-5-11(8-10)18-14(9-17)12-6-1-2-7-13(12)16/h1-8,14,18H. The topological polar surface area (TPSA) is 35.8 Å². The molecule has 0 saturated carbocycles. The number of halogens is 2. The van der Waals surface area contributed by atoms with Crippen molar-refractivity contribution in [3.63, 3.8) is 0 Å². The number of anilines is 1. The average Bonchev–Trinajstić information content (AvgIpc) is 2.37. The molecule has 18 heavy (non-hydrogen) atoms. The van der Waals surface area contributed by atoms with E-state index in [9.17, 15) is 4.39 Å². The Morgan fingerprint density at radius 2 is 1.94 bits per heavy atom. The quantitative estimate of drug-likeness (QED) is 0.900. The summed E-state index contributed by atoms with van der Waals surface area (Å²) in [6, 6.07) is 14.5. The van der Waals surface area contributed by atoms with Gasteiger partial charge in [-0.1, -0.05) is 35.9 Å². The zero-order valence-corrected chi connectivity index (χ0v) is 10.2. The minimum atomic E-state index is -0.746. The molecule has 0 bridgehead atoms. The lowest BCUT2D eigenvalue weighted by Gasteiger charge is -2.14. The highest BCUT2D eigenvalue weighted by Gasteiger charge is 2.14. The van der Waals surface area contributed by atoms with Crippen LogP contribution in [0.15, 0.2) is 48.5 Å². The van der Waals surface area contributed by atoms with E-state index in [1.54, 1.807) is 42.5 Å². The van der Waals surface area contributed by atoms with Crippen molar-refractivity contribution in [2.45, 2.75) is 6.04 Å². The number of nitrogens with one attached hydrogen (secondary N) is 1. The molecule has 0 radical (unpaired) electrons. The van der Waals surface area contributed by atoms with Crippen molar-refractivity contribution >= 4 is 17.3 Å². The number of nitriles is 1. The molecular formula is C14H10ClFN2. The molecule has 1 atom stereocenters. The third kappa shape index (κ3) is 2.79. The lowest BCUT2D eigenvalue weighted by atomic mass is 10.1. The van der Waals surface area contributed by atoms with Crippen LogP contribution in [0.4, 0.5) is 10.1 Å². The Morgan fingerprint density at radius 1 is 1.17 bits per heavy atom. The van der Waals surface area contributed by atoms with E-state index in [2.05, 4.69) is 5.32 Å². The molecule has 1 N–H and O–H groups in total. The molecule has 2 aromatic rings. The van der Waals surface area contributed by atoms with Gasteiger partial charge in [-0.15, -0.1) is 0 Å². The van der Waals surface area contributed by atoms with Crippen molar-refractivity contribution < 1.29 is 4.39 Å². The highest BCUT2D eigenvalue weighted by atomic mass is 35.5. The molecule has 0 amide bonds. The molecule has 0 aliphatic carbocycles. The Kier molecular flexibility index (Phi) is 3.81. The summed E-state index contributed by atoms with van der Waals surface area (Å²) < 4.78 is 13.6. The maximum atomic E-state index is 13.6. The lowest BCUT2D eigenvalue weighted by Crippen LogP contribution is -2.10. The van der Waals surface area contributed by atoms with Crippen molar-refractivity contribution in [2.24, 2.45) is 0 Å². The third-order valence-electron chi connectivity index (χ3n) is 2.48. The van der Waals surface area contributed by atoms with Crippen LogP contribution in [0.25, 0.3) is 0 Å². The van der Waals surface area contributed by atoms with E-state index in [4.69, 9.17) is 16.9 Å². The molecule has 0 aliphatic rings. The van der Waals surface area contributed by atoms with Crippen molar-refractivity contribution in [2.75, 3.05) is 5.32 Å². The van der Waals surface area contributed by atoms with Gasteiger partial charge < -0.3 is 5.32 Å². The molecular weight excluding hydrogens is 251 g/mol. The van der Waals surface area contributed by atoms with Crippen LogP contribution in [-0.4, -0.2) is 0 Å². The van der Waals surface area contributed by atoms with Crippen LogP contribution in [-0.2, 0) is 0 Å². The predicted octanol–water partition coefficient (Wildman–Crippen LogP) is 4.16. The van der Waals surface area contributed by atoms with Gasteiger partial charge in [-0.3, -0.25) is 0 Å². The fourth-order valence-electron chi connectivity index (χ4n) is 1.63. The van der Waals surface area contributed by atoms with Crippen LogP contribution in [0, 0.1) is 17.1 Å². The summed E-state index contributed by atoms with van der Waals surface area (Å²) in [6.45, 7) is 0. The second kappa shape index (κ2) is 5.52. The molecule has 0 aliphatic heterocycles. The molecule has 0 saturated heterocycles. The Hall–Kier alpha value is -2.05. The first-order valence-corrected chi connectivity index (χ1v) is 5.74. The monoisotopic (exact) mass is 260 g/mol. The van der Waals surface area contributed by atoms with Crippen molar-refractivity contribution in [3.8, 4) is 6.07 Å². The number of nitrogens with zero attached hydrogens (tertiary/aromatic N) is 1. The van der Waals surface area contributed by atoms with E-state index in [1.807, 2.05) is 6.07 Å². The molecule has 90 valence electrons. The van der Waals surface area contributed by atoms with Gasteiger partial charge in [-0.05, 0) is 24.3 Å². The summed E-state index contributed by atoms with van der Waals surface area (Å²) >= 11 is 5.85. The van der Waals surface area contributed by atoms with Crippen LogP contribution in [0.3, 0.4) is 0 Å². The van der Waals surface area contributed by atoms with E-state index in [0.717, 1.165) is 0 Å². The number of rotatable bonds is 3. The molecule has 0 fully saturated rings. The normalized spacial score (nSPS) is 11.6. The number of benzene rings is 2. The lowest BCUT2D eigenvalue weighted by molar-refractivity contribution is 0.607. The fraction of sp³-hybridized carbons (Fsp3) is 0.0714. The van der Waals surface area contributed by atoms with Crippen LogP contribution in [0.1, 0.15) is 11.6 Å². The van der Waals surface area contributed by atoms with E-state index < -0.39 is 11.9 Å². The first-order valence-electron chi connectivity index (χ1n) is 5.37. The van der Waals surface area contributed by atoms with Gasteiger partial charge in [0.15, 0.2) is 0 Å². The fourth-order valence-corrected chi connectivity index (χ4v) is 1.82. The van der Waals surface area contributed by atoms with Crippen LogP contribution >= 0.6 is 11.6 Å². The summed E-state index contributed by atoms with van der Waals surface area (Å²) in [4.78, 5) is 0. The summed E-state index contributed by atoms with van der Waals surface area (Å²) in [5, 5.41) is 12.6. The van der Waals surface area contributed by atoms with Gasteiger partial charge in [0.2, 0.25) is 0 Å².